The van der Waals surface area contributed by atoms with E-state index in [1.54, 1.807) is 31.3 Å². The molecule has 150 valence electrons. The van der Waals surface area contributed by atoms with Crippen LogP contribution in [0.1, 0.15) is 11.4 Å². The summed E-state index contributed by atoms with van der Waals surface area (Å²) >= 11 is 0.931. The lowest BCUT2D eigenvalue weighted by molar-refractivity contribution is 0.134. The average Bonchev–Trinajstić information content (AvgIpc) is 3.31. The lowest BCUT2D eigenvalue weighted by Crippen LogP contribution is -2.31. The number of hydrogen-bond donors (Lipinski definition) is 3. The van der Waals surface area contributed by atoms with E-state index in [-0.39, 0.29) is 10.9 Å². The molecule has 3 N–H and O–H groups in total. The van der Waals surface area contributed by atoms with Gasteiger partial charge in [0.05, 0.1) is 0 Å². The molecule has 0 atom stereocenters. The van der Waals surface area contributed by atoms with E-state index in [4.69, 9.17) is 9.94 Å². The van der Waals surface area contributed by atoms with Gasteiger partial charge in [0.15, 0.2) is 16.7 Å². The van der Waals surface area contributed by atoms with Crippen molar-refractivity contribution in [3.8, 4) is 0 Å². The van der Waals surface area contributed by atoms with Gasteiger partial charge in [-0.3, -0.25) is 5.32 Å². The molecule has 0 aliphatic rings. The highest BCUT2D eigenvalue weighted by Gasteiger charge is 2.20. The van der Waals surface area contributed by atoms with Crippen molar-refractivity contribution >= 4 is 40.2 Å². The highest BCUT2D eigenvalue weighted by atomic mass is 32.1. The fourth-order valence-electron chi connectivity index (χ4n) is 2.16. The zero-order valence-electron chi connectivity index (χ0n) is 14.8. The van der Waals surface area contributed by atoms with Crippen LogP contribution in [0.25, 0.3) is 0 Å². The Hall–Kier alpha value is -4.07. The molecule has 0 saturated heterocycles. The van der Waals surface area contributed by atoms with E-state index in [0.717, 1.165) is 16.2 Å². The van der Waals surface area contributed by atoms with Gasteiger partial charge in [-0.05, 0) is 10.4 Å². The average molecular weight is 418 g/mol. The molecular weight excluding hydrogens is 404 g/mol. The first kappa shape index (κ1) is 19.7. The van der Waals surface area contributed by atoms with Gasteiger partial charge >= 0.3 is 12.2 Å². The van der Waals surface area contributed by atoms with Gasteiger partial charge in [-0.2, -0.15) is 0 Å². The lowest BCUT2D eigenvalue weighted by atomic mass is 10.1. The number of anilines is 2. The molecule has 0 saturated carbocycles. The summed E-state index contributed by atoms with van der Waals surface area (Å²) in [6.45, 7) is -0.493. The Bertz CT molecular complexity index is 1030. The Balaban J connectivity index is 1.81. The fraction of sp³-hybridized carbons (Fsp3) is 0.133. The number of nitrogens with zero attached hydrogens (tertiary/aromatic N) is 7. The number of carboxylic acid groups (broad SMARTS) is 2. The van der Waals surface area contributed by atoms with Crippen molar-refractivity contribution in [3.63, 3.8) is 0 Å². The standard InChI is InChI=1S/C15H14N8O5S/c1-22-12(18-20-21-22)11(9-5-3-2-4-6-9)19-28-8-23(15(26)27)10-7-29-13(16-10)17-14(24)25/h2-7H,8H2,1H3,(H,16,17)(H,24,25)(H,26,27). The summed E-state index contributed by atoms with van der Waals surface area (Å²) in [6.07, 6.45) is -2.66. The molecule has 0 fully saturated rings. The summed E-state index contributed by atoms with van der Waals surface area (Å²) in [5.41, 5.74) is 0.962. The van der Waals surface area contributed by atoms with Crippen LogP contribution in [0.3, 0.4) is 0 Å². The quantitative estimate of drug-likeness (QED) is 0.293. The second-order valence-corrected chi connectivity index (χ2v) is 6.20. The van der Waals surface area contributed by atoms with Gasteiger partial charge in [0.2, 0.25) is 12.6 Å². The second-order valence-electron chi connectivity index (χ2n) is 5.34. The minimum atomic E-state index is -1.35. The molecule has 3 rings (SSSR count). The summed E-state index contributed by atoms with van der Waals surface area (Å²) in [7, 11) is 1.63. The Kier molecular flexibility index (Phi) is 5.94. The van der Waals surface area contributed by atoms with E-state index >= 15 is 0 Å². The zero-order valence-corrected chi connectivity index (χ0v) is 15.6. The van der Waals surface area contributed by atoms with Crippen molar-refractivity contribution in [1.82, 2.24) is 25.2 Å². The number of amides is 2. The number of benzene rings is 1. The topological polar surface area (TPSA) is 168 Å². The predicted octanol–water partition coefficient (Wildman–Crippen LogP) is 1.67. The minimum absolute atomic E-state index is 0.0111. The van der Waals surface area contributed by atoms with Crippen molar-refractivity contribution in [2.45, 2.75) is 0 Å². The Morgan fingerprint density at radius 3 is 2.69 bits per heavy atom. The van der Waals surface area contributed by atoms with Crippen LogP contribution in [0.15, 0.2) is 40.9 Å². The molecule has 29 heavy (non-hydrogen) atoms. The number of hydrogen-bond acceptors (Lipinski definition) is 9. The highest BCUT2D eigenvalue weighted by molar-refractivity contribution is 7.14. The molecule has 0 radical (unpaired) electrons. The molecule has 0 aliphatic carbocycles. The summed E-state index contributed by atoms with van der Waals surface area (Å²) in [5, 5.41) is 36.8. The van der Waals surface area contributed by atoms with E-state index < -0.39 is 18.9 Å². The second kappa shape index (κ2) is 8.75. The van der Waals surface area contributed by atoms with Crippen LogP contribution >= 0.6 is 11.3 Å². The van der Waals surface area contributed by atoms with Crippen LogP contribution < -0.4 is 10.2 Å². The Morgan fingerprint density at radius 2 is 2.07 bits per heavy atom. The summed E-state index contributed by atoms with van der Waals surface area (Å²) in [4.78, 5) is 32.1. The molecule has 1 aromatic carbocycles. The SMILES string of the molecule is Cn1nnnc1C(=NOCN(C(=O)O)c1csc(NC(=O)O)n1)c1ccccc1. The molecule has 3 aromatic rings. The van der Waals surface area contributed by atoms with E-state index in [1.165, 1.54) is 10.1 Å². The van der Waals surface area contributed by atoms with Crippen molar-refractivity contribution in [1.29, 1.82) is 0 Å². The van der Waals surface area contributed by atoms with Crippen molar-refractivity contribution in [3.05, 3.63) is 47.1 Å². The van der Waals surface area contributed by atoms with Crippen LogP contribution in [0.4, 0.5) is 20.5 Å². The number of carbonyl (C=O) groups is 2. The third-order valence-corrected chi connectivity index (χ3v) is 4.18. The van der Waals surface area contributed by atoms with E-state index in [2.05, 4.69) is 31.0 Å². The third kappa shape index (κ3) is 4.81. The number of thiazole rings is 1. The molecule has 0 bridgehead atoms. The van der Waals surface area contributed by atoms with E-state index in [9.17, 15) is 14.7 Å². The monoisotopic (exact) mass is 418 g/mol. The summed E-state index contributed by atoms with van der Waals surface area (Å²) in [5.74, 6) is 0.308. The first-order valence-electron chi connectivity index (χ1n) is 7.89. The maximum absolute atomic E-state index is 11.5. The largest absolute Gasteiger partial charge is 0.465 e. The number of aromatic nitrogens is 5. The van der Waals surface area contributed by atoms with Crippen molar-refractivity contribution in [2.75, 3.05) is 16.9 Å². The van der Waals surface area contributed by atoms with E-state index in [0.29, 0.717) is 17.1 Å². The predicted molar refractivity (Wildman–Crippen MR) is 101 cm³/mol. The maximum atomic E-state index is 11.5. The smallest absolute Gasteiger partial charge is 0.415 e. The highest BCUT2D eigenvalue weighted by Crippen LogP contribution is 2.23. The van der Waals surface area contributed by atoms with Gasteiger partial charge in [0, 0.05) is 18.0 Å². The van der Waals surface area contributed by atoms with Crippen LogP contribution in [-0.2, 0) is 11.9 Å². The van der Waals surface area contributed by atoms with Crippen LogP contribution in [0, 0.1) is 0 Å². The molecule has 0 unspecified atom stereocenters. The Morgan fingerprint density at radius 1 is 1.31 bits per heavy atom. The van der Waals surface area contributed by atoms with Crippen molar-refractivity contribution in [2.24, 2.45) is 12.2 Å². The lowest BCUT2D eigenvalue weighted by Gasteiger charge is -2.15. The Labute approximate surface area is 166 Å². The maximum Gasteiger partial charge on any atom is 0.415 e. The summed E-state index contributed by atoms with van der Waals surface area (Å²) in [6, 6.07) is 8.97. The van der Waals surface area contributed by atoms with E-state index in [1.807, 2.05) is 6.07 Å². The summed E-state index contributed by atoms with van der Waals surface area (Å²) < 4.78 is 1.40. The minimum Gasteiger partial charge on any atom is -0.465 e. The van der Waals surface area contributed by atoms with Gasteiger partial charge in [0.1, 0.15) is 0 Å². The molecule has 0 spiro atoms. The molecule has 0 aliphatic heterocycles. The zero-order chi connectivity index (χ0) is 20.8. The van der Waals surface area contributed by atoms with Crippen molar-refractivity contribution < 1.29 is 24.6 Å². The van der Waals surface area contributed by atoms with Gasteiger partial charge in [-0.25, -0.2) is 24.2 Å². The molecular formula is C15H14N8O5S. The molecule has 13 nitrogen and oxygen atoms in total. The van der Waals surface area contributed by atoms with Gasteiger partial charge in [-0.15, -0.1) is 16.4 Å². The van der Waals surface area contributed by atoms with Gasteiger partial charge < -0.3 is 15.1 Å². The number of rotatable bonds is 7. The normalized spacial score (nSPS) is 11.1. The third-order valence-electron chi connectivity index (χ3n) is 3.44. The number of nitrogens with one attached hydrogen (secondary N) is 1. The molecule has 14 heteroatoms. The first-order valence-corrected chi connectivity index (χ1v) is 8.77. The fourth-order valence-corrected chi connectivity index (χ4v) is 2.85. The van der Waals surface area contributed by atoms with Gasteiger partial charge in [0.25, 0.3) is 0 Å². The van der Waals surface area contributed by atoms with Crippen LogP contribution in [0.5, 0.6) is 0 Å². The van der Waals surface area contributed by atoms with Crippen LogP contribution in [-0.4, -0.2) is 60.0 Å². The number of tetrazole rings is 1. The molecule has 2 amide bonds. The van der Waals surface area contributed by atoms with Gasteiger partial charge in [-0.1, -0.05) is 35.5 Å². The number of oxime groups is 1. The number of aryl methyl sites for hydroxylation is 1. The molecule has 2 heterocycles. The molecule has 2 aromatic heterocycles. The first-order chi connectivity index (χ1) is 14.0. The van der Waals surface area contributed by atoms with Crippen LogP contribution in [0.2, 0.25) is 0 Å².